The molecule has 0 aromatic heterocycles. The monoisotopic (exact) mass is 366 g/mol. The quantitative estimate of drug-likeness (QED) is 0.754. The Kier molecular flexibility index (Phi) is 6.12. The topological polar surface area (TPSA) is 67.4 Å². The van der Waals surface area contributed by atoms with Crippen molar-refractivity contribution in [1.82, 2.24) is 5.32 Å². The Morgan fingerprint density at radius 1 is 0.963 bits per heavy atom. The number of anilines is 1. The van der Waals surface area contributed by atoms with Gasteiger partial charge < -0.3 is 15.4 Å². The zero-order valence-electron chi connectivity index (χ0n) is 15.8. The van der Waals surface area contributed by atoms with E-state index in [0.717, 1.165) is 29.8 Å². The van der Waals surface area contributed by atoms with Crippen LogP contribution in [0.15, 0.2) is 48.5 Å². The molecule has 2 aromatic rings. The molecule has 5 nitrogen and oxygen atoms in total. The summed E-state index contributed by atoms with van der Waals surface area (Å²) < 4.78 is 5.13. The molecular formula is C22H26N2O3. The van der Waals surface area contributed by atoms with E-state index in [1.807, 2.05) is 48.5 Å². The van der Waals surface area contributed by atoms with Crippen molar-refractivity contribution >= 4 is 17.5 Å². The van der Waals surface area contributed by atoms with Crippen LogP contribution in [0.2, 0.25) is 0 Å². The van der Waals surface area contributed by atoms with Crippen molar-refractivity contribution in [2.24, 2.45) is 11.8 Å². The third-order valence-corrected chi connectivity index (χ3v) is 4.97. The highest BCUT2D eigenvalue weighted by Crippen LogP contribution is 2.39. The molecule has 2 amide bonds. The second-order valence-electron chi connectivity index (χ2n) is 6.88. The van der Waals surface area contributed by atoms with Crippen molar-refractivity contribution in [2.75, 3.05) is 19.0 Å². The average Bonchev–Trinajstić information content (AvgIpc) is 3.50. The molecule has 3 rings (SSSR count). The van der Waals surface area contributed by atoms with Gasteiger partial charge in [-0.3, -0.25) is 9.59 Å². The van der Waals surface area contributed by atoms with E-state index in [-0.39, 0.29) is 23.7 Å². The summed E-state index contributed by atoms with van der Waals surface area (Å²) in [5.74, 6) is 0.270. The van der Waals surface area contributed by atoms with E-state index in [2.05, 4.69) is 17.6 Å². The van der Waals surface area contributed by atoms with Gasteiger partial charge in [-0.1, -0.05) is 31.2 Å². The van der Waals surface area contributed by atoms with E-state index < -0.39 is 0 Å². The molecule has 0 heterocycles. The Morgan fingerprint density at radius 2 is 1.59 bits per heavy atom. The van der Waals surface area contributed by atoms with Gasteiger partial charge in [0.1, 0.15) is 5.75 Å². The van der Waals surface area contributed by atoms with E-state index in [4.69, 9.17) is 4.74 Å². The molecule has 1 saturated carbocycles. The molecule has 2 unspecified atom stereocenters. The molecule has 2 atom stereocenters. The van der Waals surface area contributed by atoms with Gasteiger partial charge in [-0.15, -0.1) is 0 Å². The number of benzene rings is 2. The summed E-state index contributed by atoms with van der Waals surface area (Å²) in [7, 11) is 1.64. The molecule has 0 radical (unpaired) electrons. The number of aryl methyl sites for hydroxylation is 1. The molecule has 2 N–H and O–H groups in total. The minimum atomic E-state index is -0.225. The first-order valence-corrected chi connectivity index (χ1v) is 9.41. The number of methoxy groups -OCH3 is 1. The summed E-state index contributed by atoms with van der Waals surface area (Å²) in [5, 5.41) is 5.84. The van der Waals surface area contributed by atoms with Crippen LogP contribution in [-0.4, -0.2) is 25.5 Å². The van der Waals surface area contributed by atoms with Crippen LogP contribution in [0.1, 0.15) is 24.5 Å². The second kappa shape index (κ2) is 8.71. The molecular weight excluding hydrogens is 340 g/mol. The number of amides is 2. The normalized spacial score (nSPS) is 17.9. The van der Waals surface area contributed by atoms with Crippen molar-refractivity contribution in [3.05, 3.63) is 59.7 Å². The summed E-state index contributed by atoms with van der Waals surface area (Å²) in [6.07, 6.45) is 2.34. The maximum absolute atomic E-state index is 12.3. The van der Waals surface area contributed by atoms with Gasteiger partial charge in [-0.05, 0) is 54.7 Å². The predicted molar refractivity (Wildman–Crippen MR) is 106 cm³/mol. The van der Waals surface area contributed by atoms with Gasteiger partial charge in [0.05, 0.1) is 18.9 Å². The fraction of sp³-hybridized carbons (Fsp3) is 0.364. The maximum Gasteiger partial charge on any atom is 0.228 e. The van der Waals surface area contributed by atoms with Gasteiger partial charge in [0.15, 0.2) is 0 Å². The Hall–Kier alpha value is -2.82. The molecule has 5 heteroatoms. The SMILES string of the molecule is CCc1ccc(NC(=O)C2CC2C(=O)NCCc2ccc(OC)cc2)cc1. The van der Waals surface area contributed by atoms with E-state index in [0.29, 0.717) is 13.0 Å². The summed E-state index contributed by atoms with van der Waals surface area (Å²) in [6, 6.07) is 15.6. The van der Waals surface area contributed by atoms with Crippen molar-refractivity contribution in [1.29, 1.82) is 0 Å². The van der Waals surface area contributed by atoms with Crippen molar-refractivity contribution in [3.63, 3.8) is 0 Å². The highest BCUT2D eigenvalue weighted by molar-refractivity contribution is 5.99. The van der Waals surface area contributed by atoms with Crippen LogP contribution >= 0.6 is 0 Å². The third-order valence-electron chi connectivity index (χ3n) is 4.97. The van der Waals surface area contributed by atoms with Gasteiger partial charge in [-0.25, -0.2) is 0 Å². The van der Waals surface area contributed by atoms with Crippen LogP contribution < -0.4 is 15.4 Å². The highest BCUT2D eigenvalue weighted by atomic mass is 16.5. The molecule has 0 saturated heterocycles. The number of hydrogen-bond acceptors (Lipinski definition) is 3. The third kappa shape index (κ3) is 5.09. The molecule has 142 valence electrons. The fourth-order valence-electron chi connectivity index (χ4n) is 3.09. The lowest BCUT2D eigenvalue weighted by molar-refractivity contribution is -0.125. The lowest BCUT2D eigenvalue weighted by atomic mass is 10.1. The lowest BCUT2D eigenvalue weighted by Gasteiger charge is -2.07. The van der Waals surface area contributed by atoms with Crippen LogP contribution in [0.25, 0.3) is 0 Å². The summed E-state index contributed by atoms with van der Waals surface area (Å²) in [6.45, 7) is 2.66. The summed E-state index contributed by atoms with van der Waals surface area (Å²) in [4.78, 5) is 24.5. The number of carbonyl (C=O) groups is 2. The molecule has 0 spiro atoms. The molecule has 2 aromatic carbocycles. The Labute approximate surface area is 160 Å². The largest absolute Gasteiger partial charge is 0.497 e. The first-order chi connectivity index (χ1) is 13.1. The van der Waals surface area contributed by atoms with Crippen LogP contribution in [-0.2, 0) is 22.4 Å². The lowest BCUT2D eigenvalue weighted by Crippen LogP contribution is -2.29. The highest BCUT2D eigenvalue weighted by Gasteiger charge is 2.47. The molecule has 1 aliphatic carbocycles. The summed E-state index contributed by atoms with van der Waals surface area (Å²) >= 11 is 0. The molecule has 1 fully saturated rings. The molecule has 1 aliphatic rings. The van der Waals surface area contributed by atoms with Crippen LogP contribution in [0.3, 0.4) is 0 Å². The van der Waals surface area contributed by atoms with Gasteiger partial charge in [0.25, 0.3) is 0 Å². The van der Waals surface area contributed by atoms with E-state index in [9.17, 15) is 9.59 Å². The average molecular weight is 366 g/mol. The van der Waals surface area contributed by atoms with Gasteiger partial charge in [-0.2, -0.15) is 0 Å². The van der Waals surface area contributed by atoms with Gasteiger partial charge in [0, 0.05) is 12.2 Å². The Bertz CT molecular complexity index is 784. The van der Waals surface area contributed by atoms with Gasteiger partial charge >= 0.3 is 0 Å². The molecule has 0 aliphatic heterocycles. The van der Waals surface area contributed by atoms with Crippen molar-refractivity contribution in [2.45, 2.75) is 26.2 Å². The first kappa shape index (κ1) is 19.0. The zero-order chi connectivity index (χ0) is 19.2. The van der Waals surface area contributed by atoms with Gasteiger partial charge in [0.2, 0.25) is 11.8 Å². The number of rotatable bonds is 8. The maximum atomic E-state index is 12.3. The fourth-order valence-corrected chi connectivity index (χ4v) is 3.09. The smallest absolute Gasteiger partial charge is 0.228 e. The summed E-state index contributed by atoms with van der Waals surface area (Å²) in [5.41, 5.74) is 3.15. The standard InChI is InChI=1S/C22H26N2O3/c1-3-15-4-8-17(9-5-15)24-22(26)20-14-19(20)21(25)23-13-12-16-6-10-18(27-2)11-7-16/h4-11,19-20H,3,12-14H2,1-2H3,(H,23,25)(H,24,26). The van der Waals surface area contributed by atoms with Crippen LogP contribution in [0.4, 0.5) is 5.69 Å². The Morgan fingerprint density at radius 3 is 2.22 bits per heavy atom. The minimum absolute atomic E-state index is 0.0370. The zero-order valence-corrected chi connectivity index (χ0v) is 15.8. The minimum Gasteiger partial charge on any atom is -0.497 e. The predicted octanol–water partition coefficient (Wildman–Crippen LogP) is 3.19. The molecule has 0 bridgehead atoms. The van der Waals surface area contributed by atoms with E-state index in [1.165, 1.54) is 5.56 Å². The number of carbonyl (C=O) groups excluding carboxylic acids is 2. The van der Waals surface area contributed by atoms with Crippen molar-refractivity contribution in [3.8, 4) is 5.75 Å². The Balaban J connectivity index is 1.40. The van der Waals surface area contributed by atoms with E-state index >= 15 is 0 Å². The number of nitrogens with one attached hydrogen (secondary N) is 2. The van der Waals surface area contributed by atoms with Crippen LogP contribution in [0.5, 0.6) is 5.75 Å². The second-order valence-corrected chi connectivity index (χ2v) is 6.88. The molecule has 27 heavy (non-hydrogen) atoms. The number of hydrogen-bond donors (Lipinski definition) is 2. The van der Waals surface area contributed by atoms with E-state index in [1.54, 1.807) is 7.11 Å². The van der Waals surface area contributed by atoms with Crippen molar-refractivity contribution < 1.29 is 14.3 Å². The first-order valence-electron chi connectivity index (χ1n) is 9.41. The number of ether oxygens (including phenoxy) is 1. The van der Waals surface area contributed by atoms with Crippen LogP contribution in [0, 0.1) is 11.8 Å².